The summed E-state index contributed by atoms with van der Waals surface area (Å²) in [7, 11) is 0. The van der Waals surface area contributed by atoms with E-state index in [2.05, 4.69) is 16.4 Å². The molecule has 1 aromatic carbocycles. The van der Waals surface area contributed by atoms with Gasteiger partial charge in [-0.15, -0.1) is 0 Å². The van der Waals surface area contributed by atoms with Crippen molar-refractivity contribution in [1.29, 1.82) is 0 Å². The number of rotatable bonds is 3. The Morgan fingerprint density at radius 1 is 1.15 bits per heavy atom. The van der Waals surface area contributed by atoms with Gasteiger partial charge in [-0.3, -0.25) is 9.78 Å². The molecule has 1 aromatic heterocycles. The first kappa shape index (κ1) is 12.8. The maximum atomic E-state index is 12.2. The van der Waals surface area contributed by atoms with Crippen LogP contribution in [-0.2, 0) is 17.8 Å². The maximum Gasteiger partial charge on any atom is 0.240 e. The maximum absolute atomic E-state index is 12.2. The Morgan fingerprint density at radius 2 is 2.05 bits per heavy atom. The molecular weight excluding hydrogens is 250 g/mol. The van der Waals surface area contributed by atoms with Crippen molar-refractivity contribution in [3.8, 4) is 0 Å². The zero-order valence-corrected chi connectivity index (χ0v) is 11.2. The number of anilines is 1. The Bertz CT molecular complexity index is 598. The standard InChI is InChI=1S/C16H17N3O/c20-16-12-18-11-14-5-1-2-6-15(14)19(16)9-7-13-4-3-8-17-10-13/h1-6,8,10,18H,7,9,11-12H2. The van der Waals surface area contributed by atoms with Crippen molar-refractivity contribution >= 4 is 11.6 Å². The lowest BCUT2D eigenvalue weighted by molar-refractivity contribution is -0.117. The number of amides is 1. The summed E-state index contributed by atoms with van der Waals surface area (Å²) >= 11 is 0. The second-order valence-corrected chi connectivity index (χ2v) is 4.89. The number of carbonyl (C=O) groups excluding carboxylic acids is 1. The van der Waals surface area contributed by atoms with Gasteiger partial charge in [0, 0.05) is 31.2 Å². The van der Waals surface area contributed by atoms with Gasteiger partial charge in [-0.25, -0.2) is 0 Å². The Morgan fingerprint density at radius 3 is 2.90 bits per heavy atom. The number of nitrogens with one attached hydrogen (secondary N) is 1. The Hall–Kier alpha value is -2.20. The number of nitrogens with zero attached hydrogens (tertiary/aromatic N) is 2. The molecule has 1 N–H and O–H groups in total. The predicted octanol–water partition coefficient (Wildman–Crippen LogP) is 1.76. The molecule has 4 nitrogen and oxygen atoms in total. The summed E-state index contributed by atoms with van der Waals surface area (Å²) in [6, 6.07) is 12.0. The van der Waals surface area contributed by atoms with E-state index in [1.165, 1.54) is 5.56 Å². The number of para-hydroxylation sites is 1. The van der Waals surface area contributed by atoms with Crippen LogP contribution in [0.15, 0.2) is 48.8 Å². The van der Waals surface area contributed by atoms with Gasteiger partial charge in [0.15, 0.2) is 0 Å². The lowest BCUT2D eigenvalue weighted by Gasteiger charge is -2.22. The van der Waals surface area contributed by atoms with E-state index >= 15 is 0 Å². The largest absolute Gasteiger partial charge is 0.311 e. The van der Waals surface area contributed by atoms with E-state index in [1.54, 1.807) is 6.20 Å². The molecular formula is C16H17N3O. The SMILES string of the molecule is O=C1CNCc2ccccc2N1CCc1cccnc1. The Balaban J connectivity index is 1.81. The van der Waals surface area contributed by atoms with Gasteiger partial charge in [0.05, 0.1) is 6.54 Å². The zero-order chi connectivity index (χ0) is 13.8. The van der Waals surface area contributed by atoms with E-state index in [4.69, 9.17) is 0 Å². The molecule has 0 spiro atoms. The number of fused-ring (bicyclic) bond motifs is 1. The first-order chi connectivity index (χ1) is 9.84. The molecule has 0 saturated heterocycles. The van der Waals surface area contributed by atoms with E-state index in [0.717, 1.165) is 24.2 Å². The zero-order valence-electron chi connectivity index (χ0n) is 11.2. The topological polar surface area (TPSA) is 45.2 Å². The third kappa shape index (κ3) is 2.70. The lowest BCUT2D eigenvalue weighted by Crippen LogP contribution is -2.37. The average Bonchev–Trinajstić information content (AvgIpc) is 2.65. The van der Waals surface area contributed by atoms with Crippen LogP contribution in [0.2, 0.25) is 0 Å². The summed E-state index contributed by atoms with van der Waals surface area (Å²) in [6.45, 7) is 1.82. The molecule has 4 heteroatoms. The summed E-state index contributed by atoms with van der Waals surface area (Å²) in [5, 5.41) is 3.18. The van der Waals surface area contributed by atoms with Crippen molar-refractivity contribution in [1.82, 2.24) is 10.3 Å². The minimum atomic E-state index is 0.124. The van der Waals surface area contributed by atoms with E-state index in [0.29, 0.717) is 13.1 Å². The van der Waals surface area contributed by atoms with Crippen molar-refractivity contribution in [3.63, 3.8) is 0 Å². The van der Waals surface area contributed by atoms with Gasteiger partial charge in [0.1, 0.15) is 0 Å². The van der Waals surface area contributed by atoms with Crippen LogP contribution in [-0.4, -0.2) is 24.0 Å². The molecule has 3 rings (SSSR count). The number of aromatic nitrogens is 1. The molecule has 0 atom stereocenters. The van der Waals surface area contributed by atoms with E-state index < -0.39 is 0 Å². The van der Waals surface area contributed by atoms with Gasteiger partial charge in [-0.1, -0.05) is 24.3 Å². The van der Waals surface area contributed by atoms with Crippen molar-refractivity contribution in [2.45, 2.75) is 13.0 Å². The van der Waals surface area contributed by atoms with Crippen molar-refractivity contribution in [3.05, 3.63) is 59.9 Å². The van der Waals surface area contributed by atoms with Crippen LogP contribution in [0, 0.1) is 0 Å². The normalized spacial score (nSPS) is 14.8. The van der Waals surface area contributed by atoms with Crippen LogP contribution >= 0.6 is 0 Å². The highest BCUT2D eigenvalue weighted by molar-refractivity contribution is 5.96. The Labute approximate surface area is 118 Å². The highest BCUT2D eigenvalue weighted by Gasteiger charge is 2.21. The highest BCUT2D eigenvalue weighted by Crippen LogP contribution is 2.22. The third-order valence-corrected chi connectivity index (χ3v) is 3.52. The van der Waals surface area contributed by atoms with Crippen LogP contribution in [0.25, 0.3) is 0 Å². The van der Waals surface area contributed by atoms with Gasteiger partial charge in [-0.05, 0) is 29.7 Å². The number of hydrogen-bond acceptors (Lipinski definition) is 3. The molecule has 1 amide bonds. The summed E-state index contributed by atoms with van der Waals surface area (Å²) < 4.78 is 0. The van der Waals surface area contributed by atoms with E-state index in [1.807, 2.05) is 41.4 Å². The fraction of sp³-hybridized carbons (Fsp3) is 0.250. The quantitative estimate of drug-likeness (QED) is 0.921. The molecule has 0 aliphatic carbocycles. The van der Waals surface area contributed by atoms with Crippen LogP contribution in [0.4, 0.5) is 5.69 Å². The summed E-state index contributed by atoms with van der Waals surface area (Å²) in [4.78, 5) is 18.2. The summed E-state index contributed by atoms with van der Waals surface area (Å²) in [5.74, 6) is 0.124. The summed E-state index contributed by atoms with van der Waals surface area (Å²) in [6.07, 6.45) is 4.43. The van der Waals surface area contributed by atoms with Crippen molar-refractivity contribution < 1.29 is 4.79 Å². The fourth-order valence-electron chi connectivity index (χ4n) is 2.49. The molecule has 1 aliphatic heterocycles. The number of hydrogen-bond donors (Lipinski definition) is 1. The second kappa shape index (κ2) is 5.84. The van der Waals surface area contributed by atoms with Gasteiger partial charge in [-0.2, -0.15) is 0 Å². The van der Waals surface area contributed by atoms with Gasteiger partial charge in [0.25, 0.3) is 0 Å². The molecule has 2 heterocycles. The van der Waals surface area contributed by atoms with Crippen molar-refractivity contribution in [2.24, 2.45) is 0 Å². The van der Waals surface area contributed by atoms with E-state index in [9.17, 15) is 4.79 Å². The Kier molecular flexibility index (Phi) is 3.74. The summed E-state index contributed by atoms with van der Waals surface area (Å²) in [5.41, 5.74) is 3.34. The highest BCUT2D eigenvalue weighted by atomic mass is 16.2. The number of carbonyl (C=O) groups is 1. The molecule has 20 heavy (non-hydrogen) atoms. The van der Waals surface area contributed by atoms with Crippen LogP contribution < -0.4 is 10.2 Å². The minimum Gasteiger partial charge on any atom is -0.311 e. The number of pyridine rings is 1. The fourth-order valence-corrected chi connectivity index (χ4v) is 2.49. The second-order valence-electron chi connectivity index (χ2n) is 4.89. The molecule has 102 valence electrons. The first-order valence-electron chi connectivity index (χ1n) is 6.82. The average molecular weight is 267 g/mol. The molecule has 0 radical (unpaired) electrons. The predicted molar refractivity (Wildman–Crippen MR) is 78.4 cm³/mol. The molecule has 2 aromatic rings. The molecule has 0 unspecified atom stereocenters. The van der Waals surface area contributed by atoms with Crippen LogP contribution in [0.5, 0.6) is 0 Å². The number of benzene rings is 1. The molecule has 0 bridgehead atoms. The van der Waals surface area contributed by atoms with Gasteiger partial charge >= 0.3 is 0 Å². The van der Waals surface area contributed by atoms with Crippen molar-refractivity contribution in [2.75, 3.05) is 18.0 Å². The van der Waals surface area contributed by atoms with Crippen LogP contribution in [0.3, 0.4) is 0 Å². The van der Waals surface area contributed by atoms with Gasteiger partial charge < -0.3 is 10.2 Å². The molecule has 1 aliphatic rings. The van der Waals surface area contributed by atoms with Gasteiger partial charge in [0.2, 0.25) is 5.91 Å². The first-order valence-corrected chi connectivity index (χ1v) is 6.82. The van der Waals surface area contributed by atoms with E-state index in [-0.39, 0.29) is 5.91 Å². The minimum absolute atomic E-state index is 0.124. The molecule has 0 fully saturated rings. The smallest absolute Gasteiger partial charge is 0.240 e. The lowest BCUT2D eigenvalue weighted by atomic mass is 10.1. The molecule has 0 saturated carbocycles. The van der Waals surface area contributed by atoms with Crippen LogP contribution in [0.1, 0.15) is 11.1 Å². The monoisotopic (exact) mass is 267 g/mol. The third-order valence-electron chi connectivity index (χ3n) is 3.52.